The van der Waals surface area contributed by atoms with E-state index in [4.69, 9.17) is 14.7 Å². The summed E-state index contributed by atoms with van der Waals surface area (Å²) in [5, 5.41) is 19.3. The Morgan fingerprint density at radius 1 is 1.20 bits per heavy atom. The normalized spacial score (nSPS) is 14.3. The Hall–Kier alpha value is -5.17. The van der Waals surface area contributed by atoms with Crippen LogP contribution in [0.3, 0.4) is 0 Å². The molecule has 1 aliphatic heterocycles. The highest BCUT2D eigenvalue weighted by Gasteiger charge is 2.24. The highest BCUT2D eigenvalue weighted by Crippen LogP contribution is 2.29. The zero-order valence-electron chi connectivity index (χ0n) is 24.9. The van der Waals surface area contributed by atoms with Gasteiger partial charge in [0.2, 0.25) is 5.88 Å². The van der Waals surface area contributed by atoms with Gasteiger partial charge in [-0.3, -0.25) is 0 Å². The minimum Gasteiger partial charge on any atom is -0.478 e. The lowest BCUT2D eigenvalue weighted by molar-refractivity contribution is -0.0589. The Bertz CT molecular complexity index is 2070. The minimum absolute atomic E-state index is 0.0163. The average molecular weight is 640 g/mol. The second-order valence-corrected chi connectivity index (χ2v) is 12.4. The predicted molar refractivity (Wildman–Crippen MR) is 166 cm³/mol. The van der Waals surface area contributed by atoms with Crippen LogP contribution >= 0.6 is 11.3 Å². The van der Waals surface area contributed by atoms with Gasteiger partial charge in [-0.2, -0.15) is 5.26 Å². The summed E-state index contributed by atoms with van der Waals surface area (Å²) in [5.74, 6) is 4.17. The van der Waals surface area contributed by atoms with E-state index in [1.54, 1.807) is 44.3 Å². The molecule has 1 aliphatic rings. The number of aromatic carboxylic acids is 1. The van der Waals surface area contributed by atoms with E-state index in [1.807, 2.05) is 4.57 Å². The van der Waals surface area contributed by atoms with Gasteiger partial charge in [0.25, 0.3) is 0 Å². The number of fused-ring (bicyclic) bond motifs is 1. The number of halogens is 2. The van der Waals surface area contributed by atoms with E-state index in [1.165, 1.54) is 23.5 Å². The molecule has 0 spiro atoms. The third kappa shape index (κ3) is 6.74. The number of carbonyl (C=O) groups is 1. The van der Waals surface area contributed by atoms with Gasteiger partial charge in [-0.05, 0) is 62.2 Å². The van der Waals surface area contributed by atoms with Crippen LogP contribution in [0.4, 0.5) is 8.78 Å². The highest BCUT2D eigenvalue weighted by atomic mass is 32.1. The van der Waals surface area contributed by atoms with Crippen LogP contribution in [-0.4, -0.2) is 43.3 Å². The number of rotatable bonds is 9. The van der Waals surface area contributed by atoms with Gasteiger partial charge >= 0.3 is 5.97 Å². The molecule has 6 rings (SSSR count). The summed E-state index contributed by atoms with van der Waals surface area (Å²) < 4.78 is 44.2. The first-order valence-corrected chi connectivity index (χ1v) is 15.2. The van der Waals surface area contributed by atoms with Gasteiger partial charge in [-0.15, -0.1) is 11.3 Å². The van der Waals surface area contributed by atoms with Crippen molar-refractivity contribution in [3.63, 3.8) is 0 Å². The zero-order chi connectivity index (χ0) is 32.4. The standard InChI is InChI=1S/C34H27F2N5O4S/c1-34(2,19-37)10-8-23-16-38-32(46-23)18-45-31-5-3-4-27(40-31)24-15-25(35)21(12-26(24)36)14-30-39-28-7-6-20(33(42)43)13-29(28)41(30)17-22-9-11-44-22/h3-7,12-13,15-16,22H,9,11,14,17-18H2,1-2H3,(H,42,43). The number of nitrogens with zero attached hydrogens (tertiary/aromatic N) is 5. The zero-order valence-corrected chi connectivity index (χ0v) is 25.7. The molecule has 1 atom stereocenters. The quantitative estimate of drug-likeness (QED) is 0.184. The fourth-order valence-corrected chi connectivity index (χ4v) is 5.51. The van der Waals surface area contributed by atoms with Gasteiger partial charge in [-0.25, -0.2) is 28.5 Å². The van der Waals surface area contributed by atoms with Crippen LogP contribution in [0.5, 0.6) is 5.88 Å². The first kappa shape index (κ1) is 30.8. The van der Waals surface area contributed by atoms with Crippen LogP contribution in [0, 0.1) is 40.2 Å². The molecule has 0 amide bonds. The van der Waals surface area contributed by atoms with E-state index >= 15 is 8.78 Å². The number of nitriles is 1. The molecule has 2 aromatic carbocycles. The third-order valence-electron chi connectivity index (χ3n) is 7.41. The molecule has 232 valence electrons. The summed E-state index contributed by atoms with van der Waals surface area (Å²) in [6.45, 7) is 4.62. The van der Waals surface area contributed by atoms with Gasteiger partial charge in [0.15, 0.2) is 0 Å². The summed E-state index contributed by atoms with van der Waals surface area (Å²) in [6.07, 6.45) is 2.36. The van der Waals surface area contributed by atoms with Gasteiger partial charge in [-0.1, -0.05) is 17.9 Å². The molecule has 0 aliphatic carbocycles. The molecule has 12 heteroatoms. The average Bonchev–Trinajstić information content (AvgIpc) is 3.62. The van der Waals surface area contributed by atoms with Crippen molar-refractivity contribution in [2.75, 3.05) is 6.61 Å². The number of imidazole rings is 1. The van der Waals surface area contributed by atoms with E-state index in [0.717, 1.165) is 18.6 Å². The maximum atomic E-state index is 15.5. The first-order chi connectivity index (χ1) is 22.1. The van der Waals surface area contributed by atoms with Crippen LogP contribution in [0.15, 0.2) is 54.7 Å². The SMILES string of the molecule is CC(C)(C#N)C#Cc1cnc(COc2cccc(-c3cc(F)c(Cc4nc5ccc(C(=O)O)cc5n4CC4CCO4)cc3F)n2)s1. The molecule has 4 heterocycles. The second-order valence-electron chi connectivity index (χ2n) is 11.3. The van der Waals surface area contributed by atoms with E-state index < -0.39 is 23.0 Å². The van der Waals surface area contributed by atoms with E-state index in [-0.39, 0.29) is 47.4 Å². The molecule has 1 saturated heterocycles. The molecule has 1 unspecified atom stereocenters. The Balaban J connectivity index is 1.21. The van der Waals surface area contributed by atoms with Crippen molar-refractivity contribution in [2.24, 2.45) is 5.41 Å². The van der Waals surface area contributed by atoms with Crippen molar-refractivity contribution in [3.8, 4) is 35.0 Å². The van der Waals surface area contributed by atoms with Gasteiger partial charge < -0.3 is 19.1 Å². The van der Waals surface area contributed by atoms with Crippen molar-refractivity contribution in [1.29, 1.82) is 5.26 Å². The number of benzene rings is 2. The van der Waals surface area contributed by atoms with Crippen LogP contribution in [0.2, 0.25) is 0 Å². The maximum absolute atomic E-state index is 15.5. The predicted octanol–water partition coefficient (Wildman–Crippen LogP) is 6.39. The maximum Gasteiger partial charge on any atom is 0.335 e. The lowest BCUT2D eigenvalue weighted by Gasteiger charge is -2.27. The van der Waals surface area contributed by atoms with Crippen LogP contribution < -0.4 is 4.74 Å². The Morgan fingerprint density at radius 3 is 2.76 bits per heavy atom. The molecule has 1 N–H and O–H groups in total. The Morgan fingerprint density at radius 2 is 2.02 bits per heavy atom. The summed E-state index contributed by atoms with van der Waals surface area (Å²) in [4.78, 5) is 25.6. The molecule has 1 fully saturated rings. The third-order valence-corrected chi connectivity index (χ3v) is 8.30. The van der Waals surface area contributed by atoms with E-state index in [2.05, 4.69) is 32.9 Å². The molecule has 0 saturated carbocycles. The van der Waals surface area contributed by atoms with Gasteiger partial charge in [0.1, 0.15) is 34.5 Å². The second kappa shape index (κ2) is 12.7. The van der Waals surface area contributed by atoms with Crippen LogP contribution in [0.25, 0.3) is 22.3 Å². The summed E-state index contributed by atoms with van der Waals surface area (Å²) in [6, 6.07) is 13.8. The summed E-state index contributed by atoms with van der Waals surface area (Å²) in [5.41, 5.74) is 0.752. The minimum atomic E-state index is -1.07. The summed E-state index contributed by atoms with van der Waals surface area (Å²) in [7, 11) is 0. The number of hydrogen-bond donors (Lipinski definition) is 1. The molecule has 5 aromatic rings. The molecule has 0 radical (unpaired) electrons. The van der Waals surface area contributed by atoms with Crippen molar-refractivity contribution in [2.45, 2.75) is 45.9 Å². The van der Waals surface area contributed by atoms with Crippen molar-refractivity contribution >= 4 is 28.3 Å². The number of pyridine rings is 1. The van der Waals surface area contributed by atoms with Crippen molar-refractivity contribution in [1.82, 2.24) is 19.5 Å². The number of thiazole rings is 1. The number of carboxylic acid groups (broad SMARTS) is 1. The first-order valence-electron chi connectivity index (χ1n) is 14.4. The topological polar surface area (TPSA) is 123 Å². The number of carboxylic acids is 1. The van der Waals surface area contributed by atoms with Gasteiger partial charge in [0.05, 0.1) is 52.1 Å². The largest absolute Gasteiger partial charge is 0.478 e. The van der Waals surface area contributed by atoms with Gasteiger partial charge in [0, 0.05) is 24.7 Å². The van der Waals surface area contributed by atoms with Crippen LogP contribution in [-0.2, 0) is 24.3 Å². The molecular weight excluding hydrogens is 612 g/mol. The fourth-order valence-electron chi connectivity index (χ4n) is 4.83. The Kier molecular flexibility index (Phi) is 8.50. The lowest BCUT2D eigenvalue weighted by Crippen LogP contribution is -2.31. The van der Waals surface area contributed by atoms with E-state index in [0.29, 0.717) is 39.9 Å². The lowest BCUT2D eigenvalue weighted by atomic mass is 9.97. The molecule has 46 heavy (non-hydrogen) atoms. The van der Waals surface area contributed by atoms with E-state index in [9.17, 15) is 9.90 Å². The number of hydrogen-bond acceptors (Lipinski definition) is 8. The molecular formula is C34H27F2N5O4S. The number of ether oxygens (including phenoxy) is 2. The monoisotopic (exact) mass is 639 g/mol. The molecule has 3 aromatic heterocycles. The van der Waals surface area contributed by atoms with Crippen molar-refractivity contribution in [3.05, 3.63) is 93.2 Å². The summed E-state index contributed by atoms with van der Waals surface area (Å²) >= 11 is 1.33. The fraction of sp³-hybridized carbons (Fsp3) is 0.265. The highest BCUT2D eigenvalue weighted by molar-refractivity contribution is 7.12. The van der Waals surface area contributed by atoms with Crippen LogP contribution in [0.1, 0.15) is 51.9 Å². The Labute approximate surface area is 267 Å². The van der Waals surface area contributed by atoms with Crippen molar-refractivity contribution < 1.29 is 28.2 Å². The smallest absolute Gasteiger partial charge is 0.335 e. The molecule has 0 bridgehead atoms. The molecule has 9 nitrogen and oxygen atoms in total. The number of aromatic nitrogens is 4.